The van der Waals surface area contributed by atoms with Crippen molar-refractivity contribution in [2.75, 3.05) is 12.4 Å². The quantitative estimate of drug-likeness (QED) is 0.422. The predicted molar refractivity (Wildman–Crippen MR) is 116 cm³/mol. The molecule has 0 spiro atoms. The van der Waals surface area contributed by atoms with Gasteiger partial charge in [0.25, 0.3) is 0 Å². The number of nitrogens with zero attached hydrogens (tertiary/aromatic N) is 2. The third-order valence-corrected chi connectivity index (χ3v) is 6.13. The molecule has 0 radical (unpaired) electrons. The van der Waals surface area contributed by atoms with Gasteiger partial charge in [0.1, 0.15) is 16.2 Å². The first-order valence-electron chi connectivity index (χ1n) is 8.79. The Bertz CT molecular complexity index is 861. The number of amides is 2. The number of urea groups is 1. The van der Waals surface area contributed by atoms with E-state index in [2.05, 4.69) is 5.32 Å². The van der Waals surface area contributed by atoms with Crippen molar-refractivity contribution in [1.82, 2.24) is 9.96 Å². The minimum atomic E-state index is -0.640. The number of thiocarbonyl (C=S) groups is 1. The summed E-state index contributed by atoms with van der Waals surface area (Å²) in [5.41, 5.74) is 1.53. The number of hydrogen-bond acceptors (Lipinski definition) is 5. The molecule has 0 aromatic heterocycles. The van der Waals surface area contributed by atoms with E-state index in [0.29, 0.717) is 16.6 Å². The molecule has 28 heavy (non-hydrogen) atoms. The van der Waals surface area contributed by atoms with Crippen LogP contribution in [0.15, 0.2) is 54.6 Å². The molecule has 6 nitrogen and oxygen atoms in total. The first-order chi connectivity index (χ1) is 13.3. The Morgan fingerprint density at radius 2 is 1.89 bits per heavy atom. The molecular formula is C20H23N3O3S2. The number of ether oxygens (including phenoxy) is 1. The molecular weight excluding hydrogens is 394 g/mol. The van der Waals surface area contributed by atoms with Gasteiger partial charge in [-0.2, -0.15) is 5.06 Å². The number of anilines is 1. The van der Waals surface area contributed by atoms with Gasteiger partial charge in [-0.25, -0.2) is 4.79 Å². The molecule has 2 amide bonds. The molecule has 1 aliphatic heterocycles. The number of carbonyl (C=O) groups excluding carboxylic acids is 1. The number of carbonyl (C=O) groups is 1. The topological polar surface area (TPSA) is 65.0 Å². The lowest BCUT2D eigenvalue weighted by Crippen LogP contribution is -2.55. The summed E-state index contributed by atoms with van der Waals surface area (Å²) in [6, 6.07) is 16.0. The summed E-state index contributed by atoms with van der Waals surface area (Å²) in [7, 11) is 1.61. The summed E-state index contributed by atoms with van der Waals surface area (Å²) in [5.74, 6) is 0.733. The van der Waals surface area contributed by atoms with Crippen molar-refractivity contribution in [3.05, 3.63) is 60.2 Å². The zero-order valence-electron chi connectivity index (χ0n) is 16.0. The van der Waals surface area contributed by atoms with Crippen LogP contribution in [0.25, 0.3) is 0 Å². The molecule has 0 aliphatic carbocycles. The Labute approximate surface area is 174 Å². The summed E-state index contributed by atoms with van der Waals surface area (Å²) >= 11 is 7.02. The molecule has 1 heterocycles. The molecule has 2 aromatic carbocycles. The summed E-state index contributed by atoms with van der Waals surface area (Å²) < 4.78 is 5.55. The highest BCUT2D eigenvalue weighted by atomic mass is 32.2. The van der Waals surface area contributed by atoms with Crippen LogP contribution in [-0.4, -0.2) is 43.5 Å². The smallest absolute Gasteiger partial charge is 0.347 e. The molecule has 2 N–H and O–H groups in total. The zero-order valence-corrected chi connectivity index (χ0v) is 17.6. The highest BCUT2D eigenvalue weighted by Crippen LogP contribution is 2.43. The van der Waals surface area contributed by atoms with E-state index < -0.39 is 16.9 Å². The number of hydrogen-bond donors (Lipinski definition) is 2. The van der Waals surface area contributed by atoms with Gasteiger partial charge >= 0.3 is 6.03 Å². The molecule has 148 valence electrons. The Morgan fingerprint density at radius 3 is 2.57 bits per heavy atom. The van der Waals surface area contributed by atoms with Crippen LogP contribution < -0.4 is 10.1 Å². The van der Waals surface area contributed by atoms with Gasteiger partial charge < -0.3 is 15.0 Å². The Kier molecular flexibility index (Phi) is 6.12. The van der Waals surface area contributed by atoms with E-state index in [1.165, 1.54) is 11.8 Å². The molecule has 1 aliphatic rings. The second-order valence-corrected chi connectivity index (χ2v) is 9.21. The van der Waals surface area contributed by atoms with E-state index in [9.17, 15) is 10.0 Å². The first-order valence-corrected chi connectivity index (χ1v) is 10.0. The summed E-state index contributed by atoms with van der Waals surface area (Å²) in [5, 5.41) is 14.2. The van der Waals surface area contributed by atoms with Gasteiger partial charge in [0.05, 0.1) is 18.4 Å². The van der Waals surface area contributed by atoms with Gasteiger partial charge in [0, 0.05) is 11.3 Å². The largest absolute Gasteiger partial charge is 0.496 e. The molecule has 0 unspecified atom stereocenters. The van der Waals surface area contributed by atoms with E-state index in [1.807, 2.05) is 61.2 Å². The standard InChI is InChI=1S/C20H23N3O3S2/c1-20(2)17(23(25)18(24)21-15-10-5-4-6-11-15)22(19(27)28-20)13-14-9-7-8-12-16(14)26-3/h4-12,17,25H,13H2,1-3H3,(H,21,24)/t17-/m1/s1. The van der Waals surface area contributed by atoms with Crippen LogP contribution >= 0.6 is 24.0 Å². The Hall–Kier alpha value is -2.29. The van der Waals surface area contributed by atoms with E-state index in [4.69, 9.17) is 17.0 Å². The van der Waals surface area contributed by atoms with Crippen molar-refractivity contribution in [3.8, 4) is 5.75 Å². The van der Waals surface area contributed by atoms with Crippen molar-refractivity contribution >= 4 is 40.0 Å². The minimum absolute atomic E-state index is 0.416. The van der Waals surface area contributed by atoms with Crippen LogP contribution in [-0.2, 0) is 6.54 Å². The molecule has 1 fully saturated rings. The maximum atomic E-state index is 12.7. The van der Waals surface area contributed by atoms with Crippen LogP contribution in [0, 0.1) is 0 Å². The fourth-order valence-electron chi connectivity index (χ4n) is 3.22. The molecule has 1 atom stereocenters. The lowest BCUT2D eigenvalue weighted by molar-refractivity contribution is -0.115. The van der Waals surface area contributed by atoms with E-state index >= 15 is 0 Å². The number of nitrogens with one attached hydrogen (secondary N) is 1. The van der Waals surface area contributed by atoms with Crippen molar-refractivity contribution < 1.29 is 14.7 Å². The highest BCUT2D eigenvalue weighted by Gasteiger charge is 2.49. The van der Waals surface area contributed by atoms with Crippen LogP contribution in [0.4, 0.5) is 10.5 Å². The van der Waals surface area contributed by atoms with Crippen LogP contribution in [0.5, 0.6) is 5.75 Å². The Morgan fingerprint density at radius 1 is 1.25 bits per heavy atom. The van der Waals surface area contributed by atoms with Gasteiger partial charge in [-0.1, -0.05) is 60.4 Å². The molecule has 8 heteroatoms. The second-order valence-electron chi connectivity index (χ2n) is 6.93. The van der Waals surface area contributed by atoms with E-state index in [1.54, 1.807) is 19.2 Å². The highest BCUT2D eigenvalue weighted by molar-refractivity contribution is 8.24. The van der Waals surface area contributed by atoms with E-state index in [-0.39, 0.29) is 0 Å². The number of benzene rings is 2. The monoisotopic (exact) mass is 417 g/mol. The van der Waals surface area contributed by atoms with Gasteiger partial charge in [0.15, 0.2) is 0 Å². The van der Waals surface area contributed by atoms with E-state index in [0.717, 1.165) is 16.4 Å². The van der Waals surface area contributed by atoms with Gasteiger partial charge in [-0.05, 0) is 32.0 Å². The number of para-hydroxylation sites is 2. The molecule has 1 saturated heterocycles. The number of hydroxylamine groups is 2. The predicted octanol–water partition coefficient (Wildman–Crippen LogP) is 4.56. The fraction of sp³-hybridized carbons (Fsp3) is 0.300. The second kappa shape index (κ2) is 8.38. The SMILES string of the molecule is COc1ccccc1CN1C(=S)SC(C)(C)[C@H]1N(O)C(=O)Nc1ccccc1. The maximum Gasteiger partial charge on any atom is 0.347 e. The average molecular weight is 418 g/mol. The maximum absolute atomic E-state index is 12.7. The lowest BCUT2D eigenvalue weighted by atomic mass is 10.1. The summed E-state index contributed by atoms with van der Waals surface area (Å²) in [6.07, 6.45) is -0.640. The molecule has 0 bridgehead atoms. The summed E-state index contributed by atoms with van der Waals surface area (Å²) in [6.45, 7) is 4.32. The molecule has 0 saturated carbocycles. The van der Waals surface area contributed by atoms with Gasteiger partial charge in [-0.15, -0.1) is 0 Å². The van der Waals surface area contributed by atoms with Crippen LogP contribution in [0.2, 0.25) is 0 Å². The molecule has 3 rings (SSSR count). The van der Waals surface area contributed by atoms with Crippen LogP contribution in [0.3, 0.4) is 0 Å². The number of methoxy groups -OCH3 is 1. The molecule has 2 aromatic rings. The van der Waals surface area contributed by atoms with Crippen molar-refractivity contribution in [3.63, 3.8) is 0 Å². The number of rotatable bonds is 5. The minimum Gasteiger partial charge on any atom is -0.496 e. The van der Waals surface area contributed by atoms with Gasteiger partial charge in [0.2, 0.25) is 0 Å². The van der Waals surface area contributed by atoms with Crippen molar-refractivity contribution in [2.45, 2.75) is 31.3 Å². The third kappa shape index (κ3) is 4.24. The zero-order chi connectivity index (χ0) is 20.3. The first kappa shape index (κ1) is 20.4. The van der Waals surface area contributed by atoms with Gasteiger partial charge in [-0.3, -0.25) is 5.21 Å². The fourth-order valence-corrected chi connectivity index (χ4v) is 5.09. The average Bonchev–Trinajstić information content (AvgIpc) is 2.90. The number of thioether (sulfide) groups is 1. The Balaban J connectivity index is 1.84. The summed E-state index contributed by atoms with van der Waals surface area (Å²) in [4.78, 5) is 14.5. The third-order valence-electron chi connectivity index (χ3n) is 4.50. The lowest BCUT2D eigenvalue weighted by Gasteiger charge is -2.37. The van der Waals surface area contributed by atoms with Crippen molar-refractivity contribution in [2.24, 2.45) is 0 Å². The van der Waals surface area contributed by atoms with Crippen LogP contribution in [0.1, 0.15) is 19.4 Å². The normalized spacial score (nSPS) is 18.1. The van der Waals surface area contributed by atoms with Crippen molar-refractivity contribution in [1.29, 1.82) is 0 Å².